The molecule has 168 valence electrons. The van der Waals surface area contributed by atoms with Crippen LogP contribution < -0.4 is 15.2 Å². The summed E-state index contributed by atoms with van der Waals surface area (Å²) in [6.45, 7) is 4.43. The van der Waals surface area contributed by atoms with Crippen LogP contribution in [0.25, 0.3) is 5.69 Å². The van der Waals surface area contributed by atoms with Crippen molar-refractivity contribution in [3.05, 3.63) is 81.3 Å². The maximum atomic E-state index is 12.5. The third-order valence-corrected chi connectivity index (χ3v) is 4.93. The molecule has 0 atom stereocenters. The summed E-state index contributed by atoms with van der Waals surface area (Å²) in [7, 11) is 3.06. The van der Waals surface area contributed by atoms with Crippen molar-refractivity contribution in [1.82, 2.24) is 14.3 Å². The second-order valence-electron chi connectivity index (χ2n) is 6.96. The van der Waals surface area contributed by atoms with Gasteiger partial charge in [0, 0.05) is 23.7 Å². The first-order valence-electron chi connectivity index (χ1n) is 9.90. The third-order valence-electron chi connectivity index (χ3n) is 4.75. The van der Waals surface area contributed by atoms with E-state index in [2.05, 4.69) is 10.3 Å². The van der Waals surface area contributed by atoms with E-state index in [1.807, 2.05) is 56.3 Å². The molecule has 0 fully saturated rings. The van der Waals surface area contributed by atoms with Crippen molar-refractivity contribution in [2.24, 2.45) is 12.2 Å². The van der Waals surface area contributed by atoms with Gasteiger partial charge in [0.15, 0.2) is 0 Å². The van der Waals surface area contributed by atoms with E-state index in [9.17, 15) is 4.79 Å². The molecule has 0 aliphatic carbocycles. The predicted octanol–water partition coefficient (Wildman–Crippen LogP) is 3.96. The van der Waals surface area contributed by atoms with E-state index in [0.717, 1.165) is 22.4 Å². The summed E-state index contributed by atoms with van der Waals surface area (Å²) in [6, 6.07) is 13.4. The highest BCUT2D eigenvalue weighted by molar-refractivity contribution is 6.25. The van der Waals surface area contributed by atoms with Gasteiger partial charge in [-0.15, -0.1) is 5.10 Å². The van der Waals surface area contributed by atoms with E-state index >= 15 is 0 Å². The van der Waals surface area contributed by atoms with Crippen LogP contribution in [-0.4, -0.2) is 33.8 Å². The van der Waals surface area contributed by atoms with Crippen molar-refractivity contribution in [1.29, 1.82) is 0 Å². The molecule has 0 radical (unpaired) electrons. The molecule has 0 aliphatic rings. The molecule has 0 unspecified atom stereocenters. The zero-order valence-corrected chi connectivity index (χ0v) is 19.2. The molecule has 0 amide bonds. The number of para-hydroxylation sites is 1. The van der Waals surface area contributed by atoms with Gasteiger partial charge in [-0.2, -0.15) is 0 Å². The van der Waals surface area contributed by atoms with Gasteiger partial charge in [-0.3, -0.25) is 0 Å². The van der Waals surface area contributed by atoms with Crippen LogP contribution in [0.1, 0.15) is 23.6 Å². The van der Waals surface area contributed by atoms with E-state index < -0.39 is 0 Å². The van der Waals surface area contributed by atoms with Crippen LogP contribution in [0.15, 0.2) is 64.0 Å². The monoisotopic (exact) mass is 456 g/mol. The fourth-order valence-electron chi connectivity index (χ4n) is 3.19. The molecule has 8 nitrogen and oxygen atoms in total. The van der Waals surface area contributed by atoms with Crippen LogP contribution in [0.3, 0.4) is 0 Å². The van der Waals surface area contributed by atoms with Gasteiger partial charge in [0.25, 0.3) is 0 Å². The van der Waals surface area contributed by atoms with Crippen LogP contribution in [0.4, 0.5) is 0 Å². The highest BCUT2D eigenvalue weighted by Gasteiger charge is 2.16. The number of rotatable bonds is 9. The molecule has 3 aromatic rings. The average Bonchev–Trinajstić information content (AvgIpc) is 3.08. The number of ether oxygens (including phenoxy) is 2. The van der Waals surface area contributed by atoms with E-state index in [0.29, 0.717) is 18.0 Å². The first kappa shape index (κ1) is 23.1. The second-order valence-corrected chi connectivity index (χ2v) is 7.21. The third kappa shape index (κ3) is 5.20. The van der Waals surface area contributed by atoms with Gasteiger partial charge in [-0.05, 0) is 49.8 Å². The summed E-state index contributed by atoms with van der Waals surface area (Å²) in [6.07, 6.45) is 1.66. The van der Waals surface area contributed by atoms with Gasteiger partial charge < -0.3 is 14.3 Å². The van der Waals surface area contributed by atoms with Crippen LogP contribution in [0, 0.1) is 6.92 Å². The summed E-state index contributed by atoms with van der Waals surface area (Å²) in [4.78, 5) is 17.8. The lowest BCUT2D eigenvalue weighted by Crippen LogP contribution is -2.22. The Labute approximate surface area is 191 Å². The lowest BCUT2D eigenvalue weighted by atomic mass is 10.0. The quantitative estimate of drug-likeness (QED) is 0.276. The largest absolute Gasteiger partial charge is 0.489 e. The number of aromatic nitrogens is 3. The molecule has 0 spiro atoms. The van der Waals surface area contributed by atoms with Crippen molar-refractivity contribution in [2.45, 2.75) is 20.5 Å². The smallest absolute Gasteiger partial charge is 0.353 e. The van der Waals surface area contributed by atoms with Crippen molar-refractivity contribution < 1.29 is 14.3 Å². The van der Waals surface area contributed by atoms with Gasteiger partial charge >= 0.3 is 11.7 Å². The number of oxime groups is 1. The van der Waals surface area contributed by atoms with Gasteiger partial charge in [-0.25, -0.2) is 14.0 Å². The van der Waals surface area contributed by atoms with Crippen molar-refractivity contribution in [3.8, 4) is 17.4 Å². The van der Waals surface area contributed by atoms with Crippen LogP contribution >= 0.6 is 11.6 Å². The number of hydrogen-bond donors (Lipinski definition) is 0. The van der Waals surface area contributed by atoms with Crippen LogP contribution in [0.5, 0.6) is 11.8 Å². The average molecular weight is 457 g/mol. The lowest BCUT2D eigenvalue weighted by molar-refractivity contribution is 0.175. The van der Waals surface area contributed by atoms with Gasteiger partial charge in [0.05, 0.1) is 18.5 Å². The van der Waals surface area contributed by atoms with E-state index in [-0.39, 0.29) is 18.3 Å². The second kappa shape index (κ2) is 10.7. The SMILES string of the molecule is COc1nn(C)c(=O)n1-c1ccccc1COc1ccc(/C(C)=N/OC/C=C\Cl)c(C)c1. The lowest BCUT2D eigenvalue weighted by Gasteiger charge is -2.13. The topological polar surface area (TPSA) is 79.9 Å². The Bertz CT molecular complexity index is 1200. The molecular weight excluding hydrogens is 432 g/mol. The summed E-state index contributed by atoms with van der Waals surface area (Å²) in [5.74, 6) is 0.699. The van der Waals surface area contributed by atoms with Gasteiger partial charge in [-0.1, -0.05) is 35.0 Å². The van der Waals surface area contributed by atoms with Crippen LogP contribution in [0.2, 0.25) is 0 Å². The number of hydrogen-bond acceptors (Lipinski definition) is 6. The maximum Gasteiger partial charge on any atom is 0.353 e. The molecule has 1 aromatic heterocycles. The standard InChI is InChI=1S/C23H25ClN4O4/c1-16-14-19(10-11-20(16)17(2)26-32-13-7-12-24)31-15-18-8-5-6-9-21(18)28-22(30-4)25-27(3)23(28)29/h5-12,14H,13,15H2,1-4H3/b12-7-,26-17+. The molecule has 2 aromatic carbocycles. The van der Waals surface area contributed by atoms with Gasteiger partial charge in [0.1, 0.15) is 19.0 Å². The Morgan fingerprint density at radius 3 is 2.75 bits per heavy atom. The highest BCUT2D eigenvalue weighted by Crippen LogP contribution is 2.22. The Morgan fingerprint density at radius 2 is 2.03 bits per heavy atom. The van der Waals surface area contributed by atoms with Crippen molar-refractivity contribution >= 4 is 17.3 Å². The Balaban J connectivity index is 1.79. The molecule has 9 heteroatoms. The molecule has 1 heterocycles. The maximum absolute atomic E-state index is 12.5. The number of benzene rings is 2. The Morgan fingerprint density at radius 1 is 1.25 bits per heavy atom. The minimum Gasteiger partial charge on any atom is -0.489 e. The zero-order chi connectivity index (χ0) is 23.1. The number of methoxy groups -OCH3 is 1. The zero-order valence-electron chi connectivity index (χ0n) is 18.4. The summed E-state index contributed by atoms with van der Waals surface area (Å²) in [5.41, 5.74) is 5.28. The molecule has 0 N–H and O–H groups in total. The van der Waals surface area contributed by atoms with E-state index in [1.165, 1.54) is 21.9 Å². The normalized spacial score (nSPS) is 11.7. The number of aryl methyl sites for hydroxylation is 2. The molecular formula is C23H25ClN4O4. The first-order chi connectivity index (χ1) is 15.5. The minimum atomic E-state index is -0.298. The summed E-state index contributed by atoms with van der Waals surface area (Å²) in [5, 5.41) is 8.21. The first-order valence-corrected chi connectivity index (χ1v) is 10.3. The fraction of sp³-hybridized carbons (Fsp3) is 0.261. The van der Waals surface area contributed by atoms with E-state index in [4.69, 9.17) is 25.9 Å². The molecule has 0 saturated heterocycles. The van der Waals surface area contributed by atoms with Crippen molar-refractivity contribution in [2.75, 3.05) is 13.7 Å². The molecule has 0 bridgehead atoms. The van der Waals surface area contributed by atoms with E-state index in [1.54, 1.807) is 13.1 Å². The van der Waals surface area contributed by atoms with Crippen molar-refractivity contribution in [3.63, 3.8) is 0 Å². The number of halogens is 1. The highest BCUT2D eigenvalue weighted by atomic mass is 35.5. The summed E-state index contributed by atoms with van der Waals surface area (Å²) < 4.78 is 14.0. The summed E-state index contributed by atoms with van der Waals surface area (Å²) >= 11 is 5.47. The molecule has 0 saturated carbocycles. The molecule has 3 rings (SSSR count). The predicted molar refractivity (Wildman–Crippen MR) is 124 cm³/mol. The van der Waals surface area contributed by atoms with Gasteiger partial charge in [0.2, 0.25) is 0 Å². The Kier molecular flexibility index (Phi) is 7.72. The number of nitrogens with zero attached hydrogens (tertiary/aromatic N) is 4. The van der Waals surface area contributed by atoms with Crippen LogP contribution in [-0.2, 0) is 18.5 Å². The fourth-order valence-corrected chi connectivity index (χ4v) is 3.26. The molecule has 32 heavy (non-hydrogen) atoms. The minimum absolute atomic E-state index is 0.212. The molecule has 0 aliphatic heterocycles. The Hall–Kier alpha value is -3.52.